The molecule has 0 aliphatic heterocycles. The van der Waals surface area contributed by atoms with Crippen molar-refractivity contribution in [2.75, 3.05) is 12.4 Å². The van der Waals surface area contributed by atoms with Crippen molar-refractivity contribution in [1.82, 2.24) is 4.98 Å². The highest BCUT2D eigenvalue weighted by Gasteiger charge is 2.24. The predicted octanol–water partition coefficient (Wildman–Crippen LogP) is 5.90. The quantitative estimate of drug-likeness (QED) is 0.294. The van der Waals surface area contributed by atoms with Crippen molar-refractivity contribution < 1.29 is 14.3 Å². The van der Waals surface area contributed by atoms with Gasteiger partial charge < -0.3 is 10.1 Å². The number of anilines is 1. The molecule has 1 heterocycles. The Labute approximate surface area is 204 Å². The molecule has 0 atom stereocenters. The first-order valence-electron chi connectivity index (χ1n) is 11.1. The fourth-order valence-corrected chi connectivity index (χ4v) is 4.04. The molecule has 174 valence electrons. The summed E-state index contributed by atoms with van der Waals surface area (Å²) < 4.78 is 5.40. The summed E-state index contributed by atoms with van der Waals surface area (Å²) >= 11 is 0. The zero-order chi connectivity index (χ0) is 25.2. The van der Waals surface area contributed by atoms with E-state index in [0.29, 0.717) is 10.9 Å². The van der Waals surface area contributed by atoms with Gasteiger partial charge in [-0.2, -0.15) is 5.26 Å². The van der Waals surface area contributed by atoms with Gasteiger partial charge in [-0.15, -0.1) is 0 Å². The van der Waals surface area contributed by atoms with Crippen molar-refractivity contribution in [1.29, 1.82) is 5.26 Å². The molecule has 0 radical (unpaired) electrons. The Balaban J connectivity index is 1.75. The van der Waals surface area contributed by atoms with Crippen LogP contribution in [0.15, 0.2) is 73.1 Å². The van der Waals surface area contributed by atoms with Gasteiger partial charge in [0.1, 0.15) is 6.07 Å². The summed E-state index contributed by atoms with van der Waals surface area (Å²) in [4.78, 5) is 30.5. The van der Waals surface area contributed by atoms with Crippen LogP contribution in [0.25, 0.3) is 21.9 Å². The number of hydrogen-bond donors (Lipinski definition) is 1. The van der Waals surface area contributed by atoms with Gasteiger partial charge in [-0.05, 0) is 63.2 Å². The standard InChI is InChI=1S/C29H25N3O3/c1-29(2,3)20-15-19(17-30)27(35-4)25(16-20)32-28(34)26(33)24-10-9-21(18-11-13-31-14-12-18)22-7-5-6-8-23(22)24/h5-16H,1-4H3,(H,32,34). The topological polar surface area (TPSA) is 92.1 Å². The summed E-state index contributed by atoms with van der Waals surface area (Å²) in [5.74, 6) is -1.26. The maximum atomic E-state index is 13.3. The number of carbonyl (C=O) groups is 2. The fraction of sp³-hybridized carbons (Fsp3) is 0.172. The van der Waals surface area contributed by atoms with Crippen LogP contribution in [0.4, 0.5) is 5.69 Å². The van der Waals surface area contributed by atoms with Crippen molar-refractivity contribution in [3.8, 4) is 22.9 Å². The number of rotatable bonds is 5. The van der Waals surface area contributed by atoms with E-state index in [9.17, 15) is 14.9 Å². The Morgan fingerprint density at radius 1 is 0.971 bits per heavy atom. The monoisotopic (exact) mass is 463 g/mol. The Hall–Kier alpha value is -4.50. The minimum atomic E-state index is -0.805. The summed E-state index contributed by atoms with van der Waals surface area (Å²) in [5.41, 5.74) is 3.33. The van der Waals surface area contributed by atoms with Crippen LogP contribution in [0, 0.1) is 11.3 Å². The average molecular weight is 464 g/mol. The van der Waals surface area contributed by atoms with E-state index in [0.717, 1.165) is 22.1 Å². The number of fused-ring (bicyclic) bond motifs is 1. The van der Waals surface area contributed by atoms with E-state index >= 15 is 0 Å². The Morgan fingerprint density at radius 2 is 1.66 bits per heavy atom. The molecular formula is C29H25N3O3. The van der Waals surface area contributed by atoms with Crippen molar-refractivity contribution in [3.63, 3.8) is 0 Å². The Morgan fingerprint density at radius 3 is 2.29 bits per heavy atom. The van der Waals surface area contributed by atoms with E-state index in [1.807, 2.05) is 63.2 Å². The predicted molar refractivity (Wildman–Crippen MR) is 137 cm³/mol. The van der Waals surface area contributed by atoms with Gasteiger partial charge in [0.15, 0.2) is 5.75 Å². The molecular weight excluding hydrogens is 438 g/mol. The summed E-state index contributed by atoms with van der Waals surface area (Å²) in [6.07, 6.45) is 3.43. The third-order valence-corrected chi connectivity index (χ3v) is 5.89. The zero-order valence-electron chi connectivity index (χ0n) is 20.0. The molecule has 1 amide bonds. The molecule has 0 unspecified atom stereocenters. The number of pyridine rings is 1. The minimum absolute atomic E-state index is 0.222. The summed E-state index contributed by atoms with van der Waals surface area (Å²) in [7, 11) is 1.43. The van der Waals surface area contributed by atoms with Gasteiger partial charge in [-0.1, -0.05) is 51.1 Å². The molecule has 3 aromatic carbocycles. The molecule has 0 aliphatic rings. The van der Waals surface area contributed by atoms with E-state index in [1.165, 1.54) is 7.11 Å². The number of carbonyl (C=O) groups excluding carboxylic acids is 2. The lowest BCUT2D eigenvalue weighted by Gasteiger charge is -2.22. The van der Waals surface area contributed by atoms with Gasteiger partial charge in [0, 0.05) is 18.0 Å². The molecule has 35 heavy (non-hydrogen) atoms. The number of ketones is 1. The van der Waals surface area contributed by atoms with Crippen molar-refractivity contribution in [3.05, 3.63) is 89.7 Å². The molecule has 0 bridgehead atoms. The number of aromatic nitrogens is 1. The lowest BCUT2D eigenvalue weighted by Crippen LogP contribution is -2.24. The maximum Gasteiger partial charge on any atom is 0.296 e. The van der Waals surface area contributed by atoms with Crippen LogP contribution in [0.2, 0.25) is 0 Å². The van der Waals surface area contributed by atoms with E-state index in [4.69, 9.17) is 4.74 Å². The van der Waals surface area contributed by atoms with E-state index in [1.54, 1.807) is 30.6 Å². The van der Waals surface area contributed by atoms with Crippen molar-refractivity contribution >= 4 is 28.2 Å². The third kappa shape index (κ3) is 4.62. The summed E-state index contributed by atoms with van der Waals surface area (Å²) in [5, 5.41) is 13.8. The molecule has 4 aromatic rings. The molecule has 6 heteroatoms. The van der Waals surface area contributed by atoms with Crippen LogP contribution < -0.4 is 10.1 Å². The molecule has 1 N–H and O–H groups in total. The number of nitrogens with one attached hydrogen (secondary N) is 1. The zero-order valence-corrected chi connectivity index (χ0v) is 20.0. The second-order valence-corrected chi connectivity index (χ2v) is 9.19. The lowest BCUT2D eigenvalue weighted by atomic mass is 9.85. The maximum absolute atomic E-state index is 13.3. The van der Waals surface area contributed by atoms with Crippen LogP contribution in [-0.2, 0) is 10.2 Å². The van der Waals surface area contributed by atoms with Gasteiger partial charge >= 0.3 is 0 Å². The van der Waals surface area contributed by atoms with Gasteiger partial charge in [-0.3, -0.25) is 14.6 Å². The van der Waals surface area contributed by atoms with E-state index in [-0.39, 0.29) is 22.4 Å². The number of amides is 1. The number of hydrogen-bond acceptors (Lipinski definition) is 5. The van der Waals surface area contributed by atoms with Crippen LogP contribution in [0.3, 0.4) is 0 Å². The van der Waals surface area contributed by atoms with Crippen LogP contribution in [-0.4, -0.2) is 23.8 Å². The normalized spacial score (nSPS) is 11.1. The molecule has 4 rings (SSSR count). The number of ether oxygens (including phenoxy) is 1. The Bertz CT molecular complexity index is 1480. The average Bonchev–Trinajstić information content (AvgIpc) is 2.87. The smallest absolute Gasteiger partial charge is 0.296 e. The van der Waals surface area contributed by atoms with Gasteiger partial charge in [0.05, 0.1) is 18.4 Å². The first-order valence-corrected chi connectivity index (χ1v) is 11.1. The third-order valence-electron chi connectivity index (χ3n) is 5.89. The molecule has 0 saturated heterocycles. The molecule has 0 fully saturated rings. The molecule has 6 nitrogen and oxygen atoms in total. The van der Waals surface area contributed by atoms with Crippen molar-refractivity contribution in [2.24, 2.45) is 0 Å². The largest absolute Gasteiger partial charge is 0.493 e. The number of nitriles is 1. The number of Topliss-reactive ketones (excluding diaryl/α,β-unsaturated/α-hetero) is 1. The molecule has 0 spiro atoms. The van der Waals surface area contributed by atoms with Crippen LogP contribution >= 0.6 is 0 Å². The summed E-state index contributed by atoms with van der Waals surface area (Å²) in [6.45, 7) is 6.01. The first-order chi connectivity index (χ1) is 16.7. The van der Waals surface area contributed by atoms with Gasteiger partial charge in [0.25, 0.3) is 11.7 Å². The SMILES string of the molecule is COc1c(C#N)cc(C(C)(C)C)cc1NC(=O)C(=O)c1ccc(-c2ccncc2)c2ccccc12. The molecule has 0 saturated carbocycles. The highest BCUT2D eigenvalue weighted by Crippen LogP contribution is 2.35. The van der Waals surface area contributed by atoms with E-state index in [2.05, 4.69) is 16.4 Å². The van der Waals surface area contributed by atoms with Gasteiger partial charge in [-0.25, -0.2) is 0 Å². The second-order valence-electron chi connectivity index (χ2n) is 9.19. The fourth-order valence-electron chi connectivity index (χ4n) is 4.04. The number of nitrogens with zero attached hydrogens (tertiary/aromatic N) is 2. The van der Waals surface area contributed by atoms with Crippen LogP contribution in [0.1, 0.15) is 42.3 Å². The minimum Gasteiger partial charge on any atom is -0.493 e. The highest BCUT2D eigenvalue weighted by atomic mass is 16.5. The summed E-state index contributed by atoms with van der Waals surface area (Å²) in [6, 6.07) is 20.4. The molecule has 1 aromatic heterocycles. The Kier molecular flexibility index (Phi) is 6.35. The number of methoxy groups -OCH3 is 1. The lowest BCUT2D eigenvalue weighted by molar-refractivity contribution is -0.112. The van der Waals surface area contributed by atoms with Crippen LogP contribution in [0.5, 0.6) is 5.75 Å². The van der Waals surface area contributed by atoms with Gasteiger partial charge in [0.2, 0.25) is 0 Å². The number of benzene rings is 3. The van der Waals surface area contributed by atoms with Crippen molar-refractivity contribution in [2.45, 2.75) is 26.2 Å². The second kappa shape index (κ2) is 9.40. The van der Waals surface area contributed by atoms with E-state index < -0.39 is 11.7 Å². The highest BCUT2D eigenvalue weighted by molar-refractivity contribution is 6.48. The molecule has 0 aliphatic carbocycles. The first kappa shape index (κ1) is 23.7.